The second kappa shape index (κ2) is 4.64. The second-order valence-electron chi connectivity index (χ2n) is 5.29. The fourth-order valence-corrected chi connectivity index (χ4v) is 2.67. The van der Waals surface area contributed by atoms with Gasteiger partial charge in [-0.15, -0.1) is 0 Å². The lowest BCUT2D eigenvalue weighted by molar-refractivity contribution is -0.134. The Morgan fingerprint density at radius 1 is 1.41 bits per heavy atom. The molecule has 1 heterocycles. The summed E-state index contributed by atoms with van der Waals surface area (Å²) in [6.45, 7) is 0.710. The summed E-state index contributed by atoms with van der Waals surface area (Å²) >= 11 is 0. The molecule has 1 aliphatic heterocycles. The van der Waals surface area contributed by atoms with Crippen LogP contribution in [0.4, 0.5) is 0 Å². The molecule has 5 nitrogen and oxygen atoms in total. The summed E-state index contributed by atoms with van der Waals surface area (Å²) in [7, 11) is 1.76. The Labute approximate surface area is 102 Å². The largest absolute Gasteiger partial charge is 0.344 e. The van der Waals surface area contributed by atoms with Gasteiger partial charge in [-0.3, -0.25) is 9.59 Å². The van der Waals surface area contributed by atoms with E-state index < -0.39 is 5.54 Å². The summed E-state index contributed by atoms with van der Waals surface area (Å²) in [5.41, 5.74) is 5.37. The number of rotatable bonds is 2. The zero-order chi connectivity index (χ0) is 12.5. The summed E-state index contributed by atoms with van der Waals surface area (Å²) in [5.74, 6) is -0.149. The molecule has 5 heteroatoms. The highest BCUT2D eigenvalue weighted by atomic mass is 16.2. The van der Waals surface area contributed by atoms with Crippen molar-refractivity contribution in [3.8, 4) is 0 Å². The lowest BCUT2D eigenvalue weighted by Gasteiger charge is -2.32. The quantitative estimate of drug-likeness (QED) is 0.712. The highest BCUT2D eigenvalue weighted by molar-refractivity contribution is 5.92. The molecule has 0 radical (unpaired) electrons. The first-order valence-electron chi connectivity index (χ1n) is 6.38. The van der Waals surface area contributed by atoms with Crippen molar-refractivity contribution >= 4 is 11.8 Å². The van der Waals surface area contributed by atoms with E-state index in [0.29, 0.717) is 13.0 Å². The Hall–Kier alpha value is -1.10. The maximum absolute atomic E-state index is 12.1. The van der Waals surface area contributed by atoms with Gasteiger partial charge in [0, 0.05) is 13.6 Å². The minimum atomic E-state index is -0.750. The van der Waals surface area contributed by atoms with Gasteiger partial charge in [-0.1, -0.05) is 19.3 Å². The molecule has 1 aliphatic carbocycles. The standard InChI is InChI=1S/C12H21N3O2/c1-15-8-5-9(10(15)16)14-11(17)12(13)6-3-2-4-7-12/h9H,2-8,13H2,1H3,(H,14,17). The summed E-state index contributed by atoms with van der Waals surface area (Å²) < 4.78 is 0. The van der Waals surface area contributed by atoms with Crippen LogP contribution < -0.4 is 11.1 Å². The Balaban J connectivity index is 1.94. The Bertz CT molecular complexity index is 324. The fraction of sp³-hybridized carbons (Fsp3) is 0.833. The lowest BCUT2D eigenvalue weighted by atomic mass is 9.81. The highest BCUT2D eigenvalue weighted by Crippen LogP contribution is 2.26. The maximum Gasteiger partial charge on any atom is 0.244 e. The van der Waals surface area contributed by atoms with Crippen LogP contribution in [0.25, 0.3) is 0 Å². The van der Waals surface area contributed by atoms with Crippen LogP contribution in [0.3, 0.4) is 0 Å². The SMILES string of the molecule is CN1CCC(NC(=O)C2(N)CCCCC2)C1=O. The third kappa shape index (κ3) is 2.44. The average molecular weight is 239 g/mol. The highest BCUT2D eigenvalue weighted by Gasteiger charge is 2.39. The molecule has 96 valence electrons. The van der Waals surface area contributed by atoms with Gasteiger partial charge >= 0.3 is 0 Å². The fourth-order valence-electron chi connectivity index (χ4n) is 2.67. The molecule has 17 heavy (non-hydrogen) atoms. The predicted octanol–water partition coefficient (Wildman–Crippen LogP) is -0.00510. The van der Waals surface area contributed by atoms with E-state index in [9.17, 15) is 9.59 Å². The van der Waals surface area contributed by atoms with Crippen molar-refractivity contribution < 1.29 is 9.59 Å². The van der Waals surface area contributed by atoms with Gasteiger partial charge in [0.15, 0.2) is 0 Å². The molecule has 1 saturated carbocycles. The number of likely N-dealkylation sites (tertiary alicyclic amines) is 1. The van der Waals surface area contributed by atoms with Crippen LogP contribution in [0.5, 0.6) is 0 Å². The number of hydrogen-bond acceptors (Lipinski definition) is 3. The Morgan fingerprint density at radius 3 is 2.59 bits per heavy atom. The number of carbonyl (C=O) groups is 2. The number of carbonyl (C=O) groups excluding carboxylic acids is 2. The number of nitrogens with zero attached hydrogens (tertiary/aromatic N) is 1. The molecule has 2 aliphatic rings. The smallest absolute Gasteiger partial charge is 0.244 e. The van der Waals surface area contributed by atoms with Gasteiger partial charge in [-0.2, -0.15) is 0 Å². The van der Waals surface area contributed by atoms with E-state index in [0.717, 1.165) is 32.1 Å². The Morgan fingerprint density at radius 2 is 2.06 bits per heavy atom. The van der Waals surface area contributed by atoms with E-state index in [2.05, 4.69) is 5.32 Å². The number of amides is 2. The van der Waals surface area contributed by atoms with Crippen molar-refractivity contribution in [1.29, 1.82) is 0 Å². The van der Waals surface area contributed by atoms with Gasteiger partial charge in [0.1, 0.15) is 6.04 Å². The van der Waals surface area contributed by atoms with Gasteiger partial charge in [0.05, 0.1) is 5.54 Å². The monoisotopic (exact) mass is 239 g/mol. The number of nitrogens with one attached hydrogen (secondary N) is 1. The van der Waals surface area contributed by atoms with Gasteiger partial charge in [0.25, 0.3) is 0 Å². The molecule has 0 bridgehead atoms. The molecule has 2 amide bonds. The van der Waals surface area contributed by atoms with Crippen LogP contribution in [0.2, 0.25) is 0 Å². The van der Waals surface area contributed by atoms with Crippen molar-refractivity contribution in [2.45, 2.75) is 50.1 Å². The third-order valence-electron chi connectivity index (χ3n) is 3.93. The van der Waals surface area contributed by atoms with Crippen LogP contribution in [0, 0.1) is 0 Å². The van der Waals surface area contributed by atoms with Crippen molar-refractivity contribution in [3.05, 3.63) is 0 Å². The Kier molecular flexibility index (Phi) is 3.38. The average Bonchev–Trinajstić information content (AvgIpc) is 2.62. The van der Waals surface area contributed by atoms with E-state index in [1.165, 1.54) is 0 Å². The van der Waals surface area contributed by atoms with Gasteiger partial charge in [-0.25, -0.2) is 0 Å². The number of hydrogen-bond donors (Lipinski definition) is 2. The first kappa shape index (κ1) is 12.4. The molecule has 0 aromatic rings. The minimum Gasteiger partial charge on any atom is -0.344 e. The molecule has 2 fully saturated rings. The molecule has 0 aromatic heterocycles. The zero-order valence-electron chi connectivity index (χ0n) is 10.4. The van der Waals surface area contributed by atoms with Crippen molar-refractivity contribution in [2.75, 3.05) is 13.6 Å². The van der Waals surface area contributed by atoms with E-state index in [-0.39, 0.29) is 17.9 Å². The van der Waals surface area contributed by atoms with Crippen LogP contribution >= 0.6 is 0 Å². The van der Waals surface area contributed by atoms with E-state index in [1.807, 2.05) is 0 Å². The minimum absolute atomic E-state index is 0.00207. The maximum atomic E-state index is 12.1. The molecule has 3 N–H and O–H groups in total. The summed E-state index contributed by atoms with van der Waals surface area (Å²) in [5, 5.41) is 2.81. The van der Waals surface area contributed by atoms with Crippen LogP contribution in [-0.4, -0.2) is 41.9 Å². The normalized spacial score (nSPS) is 28.2. The van der Waals surface area contributed by atoms with E-state index >= 15 is 0 Å². The first-order valence-corrected chi connectivity index (χ1v) is 6.38. The third-order valence-corrected chi connectivity index (χ3v) is 3.93. The van der Waals surface area contributed by atoms with Gasteiger partial charge < -0.3 is 16.0 Å². The number of nitrogens with two attached hydrogens (primary N) is 1. The molecular weight excluding hydrogens is 218 g/mol. The molecule has 0 aromatic carbocycles. The first-order chi connectivity index (χ1) is 8.03. The van der Waals surface area contributed by atoms with Crippen molar-refractivity contribution in [1.82, 2.24) is 10.2 Å². The van der Waals surface area contributed by atoms with Gasteiger partial charge in [-0.05, 0) is 19.3 Å². The van der Waals surface area contributed by atoms with Crippen LogP contribution in [0.1, 0.15) is 38.5 Å². The lowest BCUT2D eigenvalue weighted by Crippen LogP contribution is -2.58. The van der Waals surface area contributed by atoms with Crippen molar-refractivity contribution in [2.24, 2.45) is 5.73 Å². The van der Waals surface area contributed by atoms with Crippen LogP contribution in [0.15, 0.2) is 0 Å². The summed E-state index contributed by atoms with van der Waals surface area (Å²) in [6.07, 6.45) is 5.31. The second-order valence-corrected chi connectivity index (χ2v) is 5.29. The topological polar surface area (TPSA) is 75.4 Å². The predicted molar refractivity (Wildman–Crippen MR) is 64.2 cm³/mol. The molecule has 2 rings (SSSR count). The van der Waals surface area contributed by atoms with Gasteiger partial charge in [0.2, 0.25) is 11.8 Å². The molecule has 1 unspecified atom stereocenters. The number of likely N-dealkylation sites (N-methyl/N-ethyl adjacent to an activating group) is 1. The summed E-state index contributed by atoms with van der Waals surface area (Å²) in [4.78, 5) is 25.5. The molecular formula is C12H21N3O2. The zero-order valence-corrected chi connectivity index (χ0v) is 10.4. The van der Waals surface area contributed by atoms with Crippen molar-refractivity contribution in [3.63, 3.8) is 0 Å². The molecule has 1 atom stereocenters. The van der Waals surface area contributed by atoms with E-state index in [1.54, 1.807) is 11.9 Å². The van der Waals surface area contributed by atoms with Crippen LogP contribution in [-0.2, 0) is 9.59 Å². The van der Waals surface area contributed by atoms with E-state index in [4.69, 9.17) is 5.73 Å². The molecule has 0 spiro atoms. The molecule has 1 saturated heterocycles. The summed E-state index contributed by atoms with van der Waals surface area (Å²) in [6, 6.07) is -0.366.